The lowest BCUT2D eigenvalue weighted by atomic mass is 10.1. The smallest absolute Gasteiger partial charge is 0.358 e. The Bertz CT molecular complexity index is 614. The summed E-state index contributed by atoms with van der Waals surface area (Å²) in [4.78, 5) is 20.7. The second-order valence-electron chi connectivity index (χ2n) is 4.08. The molecule has 19 heavy (non-hydrogen) atoms. The lowest BCUT2D eigenvalue weighted by molar-refractivity contribution is 0.0592. The van der Waals surface area contributed by atoms with Gasteiger partial charge >= 0.3 is 5.97 Å². The van der Waals surface area contributed by atoms with E-state index in [1.54, 1.807) is 6.20 Å². The molecular formula is C14H14N2O2S. The molecule has 1 aromatic carbocycles. The number of ether oxygens (including phenoxy) is 1. The monoisotopic (exact) mass is 274 g/mol. The molecule has 0 N–H and O–H groups in total. The van der Waals surface area contributed by atoms with Crippen molar-refractivity contribution >= 4 is 17.7 Å². The van der Waals surface area contributed by atoms with Crippen LogP contribution in [0.25, 0.3) is 0 Å². The molecule has 1 heterocycles. The van der Waals surface area contributed by atoms with Crippen molar-refractivity contribution in [1.29, 1.82) is 0 Å². The van der Waals surface area contributed by atoms with Gasteiger partial charge in [-0.2, -0.15) is 0 Å². The molecule has 0 unspecified atom stereocenters. The second kappa shape index (κ2) is 5.84. The van der Waals surface area contributed by atoms with Gasteiger partial charge in [-0.1, -0.05) is 17.8 Å². The molecule has 2 rings (SSSR count). The number of nitrogens with zero attached hydrogens (tertiary/aromatic N) is 2. The number of carbonyl (C=O) groups is 1. The van der Waals surface area contributed by atoms with Gasteiger partial charge in [-0.15, -0.1) is 0 Å². The molecular weight excluding hydrogens is 260 g/mol. The van der Waals surface area contributed by atoms with Crippen molar-refractivity contribution in [3.05, 3.63) is 47.4 Å². The summed E-state index contributed by atoms with van der Waals surface area (Å²) in [6.45, 7) is 4.14. The molecule has 0 fully saturated rings. The van der Waals surface area contributed by atoms with E-state index in [2.05, 4.69) is 40.7 Å². The molecule has 0 aliphatic carbocycles. The predicted octanol–water partition coefficient (Wildman–Crippen LogP) is 3.03. The molecule has 0 saturated carbocycles. The maximum Gasteiger partial charge on any atom is 0.358 e. The summed E-state index contributed by atoms with van der Waals surface area (Å²) in [5.74, 6) is -0.477. The van der Waals surface area contributed by atoms with Crippen molar-refractivity contribution in [2.45, 2.75) is 23.8 Å². The van der Waals surface area contributed by atoms with Crippen LogP contribution >= 0.6 is 11.8 Å². The number of carbonyl (C=O) groups excluding carboxylic acids is 1. The van der Waals surface area contributed by atoms with Crippen LogP contribution in [0.2, 0.25) is 0 Å². The highest BCUT2D eigenvalue weighted by atomic mass is 32.2. The molecule has 0 radical (unpaired) electrons. The standard InChI is InChI=1S/C14H14N2O2S/c1-9-4-5-11(6-10(9)2)19-13-8-15-7-12(16-13)14(17)18-3/h4-8H,1-3H3. The topological polar surface area (TPSA) is 52.1 Å². The van der Waals surface area contributed by atoms with Crippen LogP contribution in [0.15, 0.2) is 40.5 Å². The highest BCUT2D eigenvalue weighted by Crippen LogP contribution is 2.27. The zero-order valence-electron chi connectivity index (χ0n) is 11.0. The number of esters is 1. The molecule has 1 aromatic heterocycles. The largest absolute Gasteiger partial charge is 0.464 e. The number of benzene rings is 1. The predicted molar refractivity (Wildman–Crippen MR) is 73.4 cm³/mol. The van der Waals surface area contributed by atoms with E-state index in [4.69, 9.17) is 0 Å². The van der Waals surface area contributed by atoms with Crippen molar-refractivity contribution in [2.24, 2.45) is 0 Å². The molecule has 5 heteroatoms. The first-order chi connectivity index (χ1) is 9.10. The Morgan fingerprint density at radius 1 is 1.21 bits per heavy atom. The Balaban J connectivity index is 2.23. The SMILES string of the molecule is COC(=O)c1cncc(Sc2ccc(C)c(C)c2)n1. The van der Waals surface area contributed by atoms with Crippen LogP contribution in [-0.4, -0.2) is 23.0 Å². The van der Waals surface area contributed by atoms with E-state index in [9.17, 15) is 4.79 Å². The van der Waals surface area contributed by atoms with Crippen molar-refractivity contribution in [2.75, 3.05) is 7.11 Å². The van der Waals surface area contributed by atoms with Crippen LogP contribution in [0.3, 0.4) is 0 Å². The van der Waals surface area contributed by atoms with Crippen molar-refractivity contribution in [3.8, 4) is 0 Å². The highest BCUT2D eigenvalue weighted by Gasteiger charge is 2.09. The van der Waals surface area contributed by atoms with Gasteiger partial charge in [0.05, 0.1) is 19.5 Å². The number of aromatic nitrogens is 2. The van der Waals surface area contributed by atoms with Gasteiger partial charge in [0.2, 0.25) is 0 Å². The van der Waals surface area contributed by atoms with Crippen LogP contribution < -0.4 is 0 Å². The number of hydrogen-bond acceptors (Lipinski definition) is 5. The summed E-state index contributed by atoms with van der Waals surface area (Å²) in [6.07, 6.45) is 3.03. The maximum atomic E-state index is 11.4. The summed E-state index contributed by atoms with van der Waals surface area (Å²) in [5, 5.41) is 0.672. The minimum absolute atomic E-state index is 0.219. The van der Waals surface area contributed by atoms with E-state index in [0.717, 1.165) is 4.90 Å². The Morgan fingerprint density at radius 2 is 2.00 bits per heavy atom. The lowest BCUT2D eigenvalue weighted by Crippen LogP contribution is -2.05. The molecule has 0 spiro atoms. The van der Waals surface area contributed by atoms with Gasteiger partial charge in [0.25, 0.3) is 0 Å². The minimum atomic E-state index is -0.477. The van der Waals surface area contributed by atoms with E-state index in [-0.39, 0.29) is 5.69 Å². The van der Waals surface area contributed by atoms with Gasteiger partial charge in [0.15, 0.2) is 5.69 Å². The summed E-state index contributed by atoms with van der Waals surface area (Å²) in [6, 6.07) is 6.18. The van der Waals surface area contributed by atoms with E-state index < -0.39 is 5.97 Å². The van der Waals surface area contributed by atoms with E-state index in [0.29, 0.717) is 5.03 Å². The van der Waals surface area contributed by atoms with Gasteiger partial charge in [-0.3, -0.25) is 4.98 Å². The van der Waals surface area contributed by atoms with Crippen molar-refractivity contribution in [3.63, 3.8) is 0 Å². The number of hydrogen-bond donors (Lipinski definition) is 0. The fraction of sp³-hybridized carbons (Fsp3) is 0.214. The summed E-state index contributed by atoms with van der Waals surface area (Å²) < 4.78 is 4.63. The van der Waals surface area contributed by atoms with Crippen LogP contribution in [0.4, 0.5) is 0 Å². The molecule has 2 aromatic rings. The Kier molecular flexibility index (Phi) is 4.16. The minimum Gasteiger partial charge on any atom is -0.464 e. The highest BCUT2D eigenvalue weighted by molar-refractivity contribution is 7.99. The maximum absolute atomic E-state index is 11.4. The zero-order valence-corrected chi connectivity index (χ0v) is 11.8. The fourth-order valence-corrected chi connectivity index (χ4v) is 2.37. The molecule has 0 atom stereocenters. The number of methoxy groups -OCH3 is 1. The number of aryl methyl sites for hydroxylation is 2. The van der Waals surface area contributed by atoms with Gasteiger partial charge in [-0.05, 0) is 37.1 Å². The first kappa shape index (κ1) is 13.5. The van der Waals surface area contributed by atoms with Crippen LogP contribution in [0, 0.1) is 13.8 Å². The quantitative estimate of drug-likeness (QED) is 0.805. The Labute approximate surface area is 116 Å². The number of rotatable bonds is 3. The zero-order chi connectivity index (χ0) is 13.8. The van der Waals surface area contributed by atoms with Crippen LogP contribution in [0.5, 0.6) is 0 Å². The van der Waals surface area contributed by atoms with Gasteiger partial charge in [0.1, 0.15) is 5.03 Å². The molecule has 98 valence electrons. The van der Waals surface area contributed by atoms with E-state index in [1.165, 1.54) is 36.2 Å². The molecule has 4 nitrogen and oxygen atoms in total. The third kappa shape index (κ3) is 3.32. The summed E-state index contributed by atoms with van der Waals surface area (Å²) >= 11 is 1.47. The third-order valence-corrected chi connectivity index (χ3v) is 3.60. The van der Waals surface area contributed by atoms with Gasteiger partial charge < -0.3 is 4.74 Å². The summed E-state index contributed by atoms with van der Waals surface area (Å²) in [7, 11) is 1.33. The first-order valence-corrected chi connectivity index (χ1v) is 6.57. The van der Waals surface area contributed by atoms with Gasteiger partial charge in [0, 0.05) is 4.90 Å². The lowest BCUT2D eigenvalue weighted by Gasteiger charge is -2.05. The van der Waals surface area contributed by atoms with Crippen LogP contribution in [-0.2, 0) is 4.74 Å². The van der Waals surface area contributed by atoms with Crippen molar-refractivity contribution in [1.82, 2.24) is 9.97 Å². The first-order valence-electron chi connectivity index (χ1n) is 5.75. The average Bonchev–Trinajstić information content (AvgIpc) is 2.42. The molecule has 0 aliphatic rings. The van der Waals surface area contributed by atoms with Crippen LogP contribution in [0.1, 0.15) is 21.6 Å². The third-order valence-electron chi connectivity index (χ3n) is 2.71. The molecule has 0 amide bonds. The van der Waals surface area contributed by atoms with E-state index >= 15 is 0 Å². The Hall–Kier alpha value is -1.88. The fourth-order valence-electron chi connectivity index (χ4n) is 1.50. The molecule has 0 aliphatic heterocycles. The van der Waals surface area contributed by atoms with Gasteiger partial charge in [-0.25, -0.2) is 9.78 Å². The molecule has 0 saturated heterocycles. The van der Waals surface area contributed by atoms with Crippen molar-refractivity contribution < 1.29 is 9.53 Å². The average molecular weight is 274 g/mol. The summed E-state index contributed by atoms with van der Waals surface area (Å²) in [5.41, 5.74) is 2.69. The molecule has 0 bridgehead atoms. The normalized spacial score (nSPS) is 10.3. The van der Waals surface area contributed by atoms with E-state index in [1.807, 2.05) is 6.07 Å². The second-order valence-corrected chi connectivity index (χ2v) is 5.18. The Morgan fingerprint density at radius 3 is 2.68 bits per heavy atom.